The topological polar surface area (TPSA) is 105 Å². The van der Waals surface area contributed by atoms with E-state index in [1.807, 2.05) is 37.3 Å². The molecule has 2 heterocycles. The number of anilines is 1. The normalized spacial score (nSPS) is 34.9. The Morgan fingerprint density at radius 3 is 2.88 bits per heavy atom. The van der Waals surface area contributed by atoms with E-state index in [1.54, 1.807) is 6.07 Å². The lowest BCUT2D eigenvalue weighted by molar-refractivity contribution is 0.0456. The zero-order valence-electron chi connectivity index (χ0n) is 22.9. The van der Waals surface area contributed by atoms with Crippen molar-refractivity contribution in [1.82, 2.24) is 0 Å². The first-order valence-corrected chi connectivity index (χ1v) is 16.5. The fraction of sp³-hybridized carbons (Fsp3) is 0.516. The predicted molar refractivity (Wildman–Crippen MR) is 159 cm³/mol. The Bertz CT molecular complexity index is 1470. The van der Waals surface area contributed by atoms with E-state index < -0.39 is 21.9 Å². The fourth-order valence-corrected chi connectivity index (χ4v) is 8.71. The summed E-state index contributed by atoms with van der Waals surface area (Å²) >= 11 is 6.38. The summed E-state index contributed by atoms with van der Waals surface area (Å²) in [4.78, 5) is 15.6. The molecule has 2 aliphatic carbocycles. The molecule has 214 valence electrons. The molecule has 2 aromatic rings. The van der Waals surface area contributed by atoms with Crippen molar-refractivity contribution in [2.75, 3.05) is 30.3 Å². The minimum absolute atomic E-state index is 0.0389. The summed E-state index contributed by atoms with van der Waals surface area (Å²) in [5.41, 5.74) is 3.50. The number of allylic oxidation sites excluding steroid dienone is 1. The lowest BCUT2D eigenvalue weighted by Gasteiger charge is -2.45. The second-order valence-corrected chi connectivity index (χ2v) is 14.6. The van der Waals surface area contributed by atoms with Crippen molar-refractivity contribution >= 4 is 33.1 Å². The molecule has 3 N–H and O–H groups in total. The molecule has 1 amide bonds. The first-order valence-electron chi connectivity index (χ1n) is 14.3. The van der Waals surface area contributed by atoms with Crippen LogP contribution in [0.15, 0.2) is 52.9 Å². The molecule has 1 spiro atoms. The van der Waals surface area contributed by atoms with Crippen LogP contribution in [-0.2, 0) is 21.8 Å². The number of aryl methyl sites for hydroxylation is 1. The van der Waals surface area contributed by atoms with Gasteiger partial charge >= 0.3 is 0 Å². The third-order valence-corrected chi connectivity index (χ3v) is 11.0. The van der Waals surface area contributed by atoms with Crippen molar-refractivity contribution < 1.29 is 18.8 Å². The molecule has 0 saturated heterocycles. The Morgan fingerprint density at radius 2 is 2.08 bits per heavy atom. The Balaban J connectivity index is 1.44. The minimum Gasteiger partial charge on any atom is -0.490 e. The van der Waals surface area contributed by atoms with Crippen LogP contribution in [-0.4, -0.2) is 46.8 Å². The van der Waals surface area contributed by atoms with Gasteiger partial charge < -0.3 is 14.7 Å². The highest BCUT2D eigenvalue weighted by molar-refractivity contribution is 7.91. The Labute approximate surface area is 242 Å². The van der Waals surface area contributed by atoms with Crippen LogP contribution in [0.2, 0.25) is 5.02 Å². The maximum atomic E-state index is 13.2. The summed E-state index contributed by atoms with van der Waals surface area (Å²) in [5, 5.41) is 17.8. The molecule has 9 heteroatoms. The number of hydrogen-bond acceptors (Lipinski definition) is 5. The first-order chi connectivity index (χ1) is 19.1. The molecular formula is C31H38ClN3O4S. The Kier molecular flexibility index (Phi) is 7.49. The maximum Gasteiger partial charge on any atom is 0.286 e. The molecule has 6 atom stereocenters. The molecule has 2 bridgehead atoms. The number of halogens is 1. The number of nitrogens with two attached hydrogens (primary N) is 1. The van der Waals surface area contributed by atoms with Crippen LogP contribution in [0.3, 0.4) is 0 Å². The number of amides is 1. The lowest BCUT2D eigenvalue weighted by atomic mass is 9.68. The molecule has 1 saturated carbocycles. The molecule has 2 aromatic carbocycles. The van der Waals surface area contributed by atoms with Gasteiger partial charge in [0.2, 0.25) is 0 Å². The Morgan fingerprint density at radius 1 is 1.23 bits per heavy atom. The summed E-state index contributed by atoms with van der Waals surface area (Å²) in [6, 6.07) is 11.5. The zero-order chi connectivity index (χ0) is 28.1. The number of rotatable bonds is 0. The molecule has 1 fully saturated rings. The molecule has 0 unspecified atom stereocenters. The molecule has 0 radical (unpaired) electrons. The van der Waals surface area contributed by atoms with Gasteiger partial charge in [-0.3, -0.25) is 4.79 Å². The van der Waals surface area contributed by atoms with Crippen molar-refractivity contribution in [3.63, 3.8) is 0 Å². The van der Waals surface area contributed by atoms with Crippen molar-refractivity contribution in [3.05, 3.63) is 70.3 Å². The van der Waals surface area contributed by atoms with Crippen molar-refractivity contribution in [2.45, 2.75) is 57.0 Å². The van der Waals surface area contributed by atoms with Crippen LogP contribution in [0.5, 0.6) is 5.75 Å². The highest BCUT2D eigenvalue weighted by atomic mass is 35.5. The average Bonchev–Trinajstić information content (AvgIpc) is 3.02. The van der Waals surface area contributed by atoms with Crippen molar-refractivity contribution in [2.24, 2.45) is 27.3 Å². The van der Waals surface area contributed by atoms with Crippen LogP contribution in [0.25, 0.3) is 0 Å². The van der Waals surface area contributed by atoms with Crippen LogP contribution in [0.1, 0.15) is 60.5 Å². The number of ether oxygens (including phenoxy) is 1. The van der Waals surface area contributed by atoms with Gasteiger partial charge in [-0.25, -0.2) is 9.35 Å². The Hall–Kier alpha value is -2.39. The molecule has 7 nitrogen and oxygen atoms in total. The number of hydrogen-bond donors (Lipinski definition) is 2. The number of aliphatic hydroxyl groups is 1. The van der Waals surface area contributed by atoms with Gasteiger partial charge in [-0.2, -0.15) is 0 Å². The number of carbonyl (C=O) groups excluding carboxylic acids is 1. The minimum atomic E-state index is -3.21. The van der Waals surface area contributed by atoms with Gasteiger partial charge in [-0.05, 0) is 97.7 Å². The maximum absolute atomic E-state index is 13.2. The summed E-state index contributed by atoms with van der Waals surface area (Å²) in [6.45, 7) is 3.93. The number of fused-ring (bicyclic) bond motifs is 4. The van der Waals surface area contributed by atoms with E-state index in [4.69, 9.17) is 21.5 Å². The molecule has 4 aliphatic rings. The lowest BCUT2D eigenvalue weighted by Crippen LogP contribution is -2.49. The van der Waals surface area contributed by atoms with E-state index in [0.29, 0.717) is 30.3 Å². The average molecular weight is 584 g/mol. The number of aliphatic hydroxyl groups excluding tert-OH is 1. The van der Waals surface area contributed by atoms with E-state index in [2.05, 4.69) is 21.4 Å². The van der Waals surface area contributed by atoms with E-state index in [9.17, 15) is 14.1 Å². The number of carbonyl (C=O) groups is 1. The van der Waals surface area contributed by atoms with Gasteiger partial charge in [0.05, 0.1) is 18.4 Å². The smallest absolute Gasteiger partial charge is 0.286 e. The third kappa shape index (κ3) is 5.43. The van der Waals surface area contributed by atoms with Gasteiger partial charge in [-0.1, -0.05) is 36.7 Å². The van der Waals surface area contributed by atoms with Crippen molar-refractivity contribution in [1.29, 1.82) is 0 Å². The highest BCUT2D eigenvalue weighted by Crippen LogP contribution is 2.46. The standard InChI is InChI=1S/C31H38ClN3O4S/c1-20-4-2-6-28(36)25-10-7-23(25)16-35-18-31(13-3-5-21-14-24(32)9-11-26(21)31)19-39-29-12-8-22(15-27(29)35)30(37)34-40(33,38)17-20/h2,6,8-9,11-12,14-15,20,23,25,28,36H,3-5,7,10,13,16-19H2,1H3,(H2,33,34,37,38)/b6-2+/t20-,23-,25+,28-,31-,40+/m0/s1. The molecule has 40 heavy (non-hydrogen) atoms. The first kappa shape index (κ1) is 27.8. The van der Waals surface area contributed by atoms with Gasteiger partial charge in [0.25, 0.3) is 5.91 Å². The van der Waals surface area contributed by atoms with E-state index >= 15 is 0 Å². The third-order valence-electron chi connectivity index (χ3n) is 9.29. The van der Waals surface area contributed by atoms with Gasteiger partial charge in [0.15, 0.2) is 0 Å². The summed E-state index contributed by atoms with van der Waals surface area (Å²) in [6.07, 6.45) is 8.94. The quantitative estimate of drug-likeness (QED) is 0.411. The van der Waals surface area contributed by atoms with Gasteiger partial charge in [0, 0.05) is 34.8 Å². The largest absolute Gasteiger partial charge is 0.490 e. The van der Waals surface area contributed by atoms with E-state index in [-0.39, 0.29) is 23.0 Å². The number of benzene rings is 2. The van der Waals surface area contributed by atoms with Crippen LogP contribution in [0, 0.1) is 17.8 Å². The van der Waals surface area contributed by atoms with Crippen molar-refractivity contribution in [3.8, 4) is 5.75 Å². The predicted octanol–water partition coefficient (Wildman–Crippen LogP) is 5.28. The SMILES string of the molecule is C[C@H]1C/C=C/[C@H](O)[C@@H]2CC[C@H]2CN2C[C@@]3(CCCc4cc(Cl)ccc43)COc3ccc(cc32)C(=O)N=[S@@](N)(=O)C1. The summed E-state index contributed by atoms with van der Waals surface area (Å²) < 4.78 is 23.6. The molecular weight excluding hydrogens is 546 g/mol. The highest BCUT2D eigenvalue weighted by Gasteiger charge is 2.44. The number of nitrogens with zero attached hydrogens (tertiary/aromatic N) is 2. The van der Waals surface area contributed by atoms with Gasteiger partial charge in [0.1, 0.15) is 15.7 Å². The fourth-order valence-electron chi connectivity index (χ4n) is 7.10. The second-order valence-electron chi connectivity index (χ2n) is 12.3. The monoisotopic (exact) mass is 583 g/mol. The van der Waals surface area contributed by atoms with Crippen LogP contribution in [0.4, 0.5) is 5.69 Å². The van der Waals surface area contributed by atoms with Gasteiger partial charge in [-0.15, -0.1) is 4.36 Å². The van der Waals surface area contributed by atoms with E-state index in [1.165, 1.54) is 11.1 Å². The molecule has 2 aliphatic heterocycles. The second kappa shape index (κ2) is 10.8. The van der Waals surface area contributed by atoms with Crippen LogP contribution >= 0.6 is 11.6 Å². The molecule has 0 aromatic heterocycles. The van der Waals surface area contributed by atoms with E-state index in [0.717, 1.165) is 55.9 Å². The van der Waals surface area contributed by atoms with Crippen LogP contribution < -0.4 is 14.8 Å². The summed E-state index contributed by atoms with van der Waals surface area (Å²) in [7, 11) is -3.21. The summed E-state index contributed by atoms with van der Waals surface area (Å²) in [5.74, 6) is 0.694. The molecule has 6 rings (SSSR count). The zero-order valence-corrected chi connectivity index (χ0v) is 24.5.